The fraction of sp³-hybridized carbons (Fsp3) is 0.286. The topological polar surface area (TPSA) is 76.3 Å². The number of nitrogens with one attached hydrogen (secondary N) is 1. The van der Waals surface area contributed by atoms with Crippen LogP contribution >= 0.6 is 0 Å². The first kappa shape index (κ1) is 14.1. The molecular weight excluding hydrogens is 254 g/mol. The summed E-state index contributed by atoms with van der Waals surface area (Å²) in [6.07, 6.45) is 0. The number of nitrogen functional groups attached to an aromatic ring is 1. The van der Waals surface area contributed by atoms with Crippen molar-refractivity contribution in [2.45, 2.75) is 13.5 Å². The third-order valence-electron chi connectivity index (χ3n) is 2.92. The zero-order chi connectivity index (χ0) is 14.5. The predicted molar refractivity (Wildman–Crippen MR) is 79.7 cm³/mol. The first-order valence-electron chi connectivity index (χ1n) is 6.29. The second kappa shape index (κ2) is 6.21. The van der Waals surface area contributed by atoms with Gasteiger partial charge in [-0.25, -0.2) is 15.8 Å². The first-order valence-corrected chi connectivity index (χ1v) is 6.29. The Bertz CT molecular complexity index is 588. The monoisotopic (exact) mass is 273 g/mol. The lowest BCUT2D eigenvalue weighted by Gasteiger charge is -2.21. The number of hydrogen-bond donors (Lipinski definition) is 2. The van der Waals surface area contributed by atoms with E-state index in [9.17, 15) is 0 Å². The van der Waals surface area contributed by atoms with Gasteiger partial charge >= 0.3 is 0 Å². The number of methoxy groups -OCH3 is 1. The van der Waals surface area contributed by atoms with Crippen LogP contribution in [0.15, 0.2) is 30.3 Å². The summed E-state index contributed by atoms with van der Waals surface area (Å²) in [4.78, 5) is 10.8. The van der Waals surface area contributed by atoms with Crippen molar-refractivity contribution < 1.29 is 4.74 Å². The Balaban J connectivity index is 2.23. The highest BCUT2D eigenvalue weighted by Gasteiger charge is 2.10. The van der Waals surface area contributed by atoms with E-state index in [1.54, 1.807) is 13.2 Å². The molecule has 6 nitrogen and oxygen atoms in total. The Morgan fingerprint density at radius 2 is 2.05 bits per heavy atom. The molecule has 1 heterocycles. The molecule has 3 N–H and O–H groups in total. The molecule has 0 aliphatic rings. The highest BCUT2D eigenvalue weighted by atomic mass is 16.5. The van der Waals surface area contributed by atoms with Crippen LogP contribution in [-0.2, 0) is 6.54 Å². The molecule has 0 saturated carbocycles. The molecule has 0 fully saturated rings. The van der Waals surface area contributed by atoms with Crippen molar-refractivity contribution in [3.8, 4) is 5.75 Å². The number of hydrogen-bond acceptors (Lipinski definition) is 6. The molecule has 1 aromatic carbocycles. The van der Waals surface area contributed by atoms with Crippen LogP contribution in [0, 0.1) is 6.92 Å². The van der Waals surface area contributed by atoms with E-state index in [2.05, 4.69) is 15.4 Å². The fourth-order valence-corrected chi connectivity index (χ4v) is 2.02. The van der Waals surface area contributed by atoms with Gasteiger partial charge in [0.25, 0.3) is 0 Å². The molecule has 6 heteroatoms. The lowest BCUT2D eigenvalue weighted by atomic mass is 10.2. The summed E-state index contributed by atoms with van der Waals surface area (Å²) in [5, 5.41) is 0. The van der Waals surface area contributed by atoms with Gasteiger partial charge in [0.15, 0.2) is 0 Å². The lowest BCUT2D eigenvalue weighted by molar-refractivity contribution is 0.414. The predicted octanol–water partition coefficient (Wildman–Crippen LogP) is 1.72. The summed E-state index contributed by atoms with van der Waals surface area (Å²) in [6.45, 7) is 2.48. The zero-order valence-electron chi connectivity index (χ0n) is 11.9. The molecule has 2 rings (SSSR count). The van der Waals surface area contributed by atoms with Crippen molar-refractivity contribution in [1.82, 2.24) is 9.97 Å². The van der Waals surface area contributed by atoms with E-state index in [-0.39, 0.29) is 0 Å². The van der Waals surface area contributed by atoms with Crippen molar-refractivity contribution in [1.29, 1.82) is 0 Å². The van der Waals surface area contributed by atoms with Crippen molar-refractivity contribution in [2.24, 2.45) is 5.84 Å². The fourth-order valence-electron chi connectivity index (χ4n) is 2.02. The molecular formula is C14H19N5O. The van der Waals surface area contributed by atoms with Gasteiger partial charge in [-0.1, -0.05) is 12.1 Å². The number of hydrazine groups is 1. The number of aromatic nitrogens is 2. The number of rotatable bonds is 5. The summed E-state index contributed by atoms with van der Waals surface area (Å²) in [7, 11) is 3.63. The maximum Gasteiger partial charge on any atom is 0.150 e. The Morgan fingerprint density at radius 1 is 1.30 bits per heavy atom. The van der Waals surface area contributed by atoms with Crippen molar-refractivity contribution in [3.05, 3.63) is 41.9 Å². The molecule has 0 amide bonds. The zero-order valence-corrected chi connectivity index (χ0v) is 11.9. The van der Waals surface area contributed by atoms with Gasteiger partial charge in [0, 0.05) is 18.8 Å². The normalized spacial score (nSPS) is 10.2. The lowest BCUT2D eigenvalue weighted by Crippen LogP contribution is -2.20. The Hall–Kier alpha value is -2.34. The van der Waals surface area contributed by atoms with Crippen LogP contribution < -0.4 is 20.9 Å². The van der Waals surface area contributed by atoms with E-state index >= 15 is 0 Å². The molecule has 0 aliphatic carbocycles. The molecule has 1 aromatic heterocycles. The SMILES string of the molecule is COc1ccccc1N(C)Cc1nc(C)cc(NN)n1. The van der Waals surface area contributed by atoms with E-state index in [0.29, 0.717) is 18.2 Å². The second-order valence-corrected chi connectivity index (χ2v) is 4.48. The average molecular weight is 273 g/mol. The number of para-hydroxylation sites is 2. The van der Waals surface area contributed by atoms with E-state index in [0.717, 1.165) is 17.1 Å². The van der Waals surface area contributed by atoms with Gasteiger partial charge in [-0.05, 0) is 19.1 Å². The maximum atomic E-state index is 5.40. The van der Waals surface area contributed by atoms with Crippen LogP contribution in [0.25, 0.3) is 0 Å². The molecule has 2 aromatic rings. The number of ether oxygens (including phenoxy) is 1. The Kier molecular flexibility index (Phi) is 4.37. The van der Waals surface area contributed by atoms with Gasteiger partial charge in [-0.3, -0.25) is 0 Å². The summed E-state index contributed by atoms with van der Waals surface area (Å²) < 4.78 is 5.36. The van der Waals surface area contributed by atoms with Gasteiger partial charge < -0.3 is 15.1 Å². The summed E-state index contributed by atoms with van der Waals surface area (Å²) >= 11 is 0. The van der Waals surface area contributed by atoms with Gasteiger partial charge in [0.2, 0.25) is 0 Å². The maximum absolute atomic E-state index is 5.40. The van der Waals surface area contributed by atoms with Crippen LogP contribution in [-0.4, -0.2) is 24.1 Å². The molecule has 0 aliphatic heterocycles. The van der Waals surface area contributed by atoms with E-state index in [1.807, 2.05) is 43.1 Å². The van der Waals surface area contributed by atoms with E-state index in [4.69, 9.17) is 10.6 Å². The van der Waals surface area contributed by atoms with Gasteiger partial charge in [-0.15, -0.1) is 0 Å². The number of anilines is 2. The van der Waals surface area contributed by atoms with Gasteiger partial charge in [0.1, 0.15) is 17.4 Å². The van der Waals surface area contributed by atoms with E-state index < -0.39 is 0 Å². The molecule has 0 spiro atoms. The third kappa shape index (κ3) is 3.16. The highest BCUT2D eigenvalue weighted by Crippen LogP contribution is 2.27. The number of nitrogens with zero attached hydrogens (tertiary/aromatic N) is 3. The molecule has 0 bridgehead atoms. The second-order valence-electron chi connectivity index (χ2n) is 4.48. The number of benzene rings is 1. The highest BCUT2D eigenvalue weighted by molar-refractivity contribution is 5.57. The van der Waals surface area contributed by atoms with Crippen molar-refractivity contribution >= 4 is 11.5 Å². The molecule has 0 unspecified atom stereocenters. The summed E-state index contributed by atoms with van der Waals surface area (Å²) in [6, 6.07) is 9.63. The third-order valence-corrected chi connectivity index (χ3v) is 2.92. The van der Waals surface area contributed by atoms with Crippen LogP contribution in [0.4, 0.5) is 11.5 Å². The summed E-state index contributed by atoms with van der Waals surface area (Å²) in [5.41, 5.74) is 4.41. The smallest absolute Gasteiger partial charge is 0.150 e. The first-order chi connectivity index (χ1) is 9.63. The summed E-state index contributed by atoms with van der Waals surface area (Å²) in [5.74, 6) is 7.53. The number of nitrogens with two attached hydrogens (primary N) is 1. The Morgan fingerprint density at radius 3 is 2.75 bits per heavy atom. The van der Waals surface area contributed by atoms with E-state index in [1.165, 1.54) is 0 Å². The average Bonchev–Trinajstić information content (AvgIpc) is 2.46. The minimum atomic E-state index is 0.566. The number of aryl methyl sites for hydroxylation is 1. The molecule has 0 atom stereocenters. The van der Waals surface area contributed by atoms with Crippen molar-refractivity contribution in [2.75, 3.05) is 24.5 Å². The molecule has 106 valence electrons. The Labute approximate surface area is 118 Å². The molecule has 0 saturated heterocycles. The molecule has 20 heavy (non-hydrogen) atoms. The van der Waals surface area contributed by atoms with Crippen LogP contribution in [0.5, 0.6) is 5.75 Å². The standard InChI is InChI=1S/C14H19N5O/c1-10-8-13(18-15)17-14(16-10)9-19(2)11-6-4-5-7-12(11)20-3/h4-8H,9,15H2,1-3H3,(H,16,17,18). The van der Waals surface area contributed by atoms with Crippen molar-refractivity contribution in [3.63, 3.8) is 0 Å². The van der Waals surface area contributed by atoms with Crippen LogP contribution in [0.1, 0.15) is 11.5 Å². The quantitative estimate of drug-likeness (QED) is 0.638. The molecule has 0 radical (unpaired) electrons. The minimum Gasteiger partial charge on any atom is -0.495 e. The van der Waals surface area contributed by atoms with Crippen LogP contribution in [0.2, 0.25) is 0 Å². The van der Waals surface area contributed by atoms with Gasteiger partial charge in [-0.2, -0.15) is 0 Å². The largest absolute Gasteiger partial charge is 0.495 e. The van der Waals surface area contributed by atoms with Crippen LogP contribution in [0.3, 0.4) is 0 Å². The minimum absolute atomic E-state index is 0.566. The van der Waals surface area contributed by atoms with Gasteiger partial charge in [0.05, 0.1) is 19.3 Å².